The van der Waals surface area contributed by atoms with E-state index >= 15 is 0 Å². The maximum Gasteiger partial charge on any atom is 0.350 e. The Morgan fingerprint density at radius 3 is 1.69 bits per heavy atom. The third kappa shape index (κ3) is 10.2. The first-order valence-corrected chi connectivity index (χ1v) is 24.6. The van der Waals surface area contributed by atoms with Gasteiger partial charge in [-0.1, -0.05) is 97.4 Å². The Labute approximate surface area is 433 Å². The number of ether oxygens (including phenoxy) is 2. The average molecular weight is 1040 g/mol. The minimum Gasteiger partial charge on any atom is -0.369 e. The normalized spacial score (nSPS) is 12.7. The second-order valence-electron chi connectivity index (χ2n) is 18.2. The zero-order valence-electron chi connectivity index (χ0n) is 41.0. The molecule has 10 rings (SSSR count). The van der Waals surface area contributed by atoms with Crippen LogP contribution in [0, 0.1) is 10.1 Å². The van der Waals surface area contributed by atoms with Crippen molar-refractivity contribution in [3.8, 4) is 17.1 Å². The highest BCUT2D eigenvalue weighted by Gasteiger charge is 2.40. The minimum atomic E-state index is -0.617. The molecule has 9 aromatic rings. The van der Waals surface area contributed by atoms with Gasteiger partial charge in [-0.3, -0.25) is 33.4 Å². The molecule has 1 fully saturated rings. The van der Waals surface area contributed by atoms with Crippen molar-refractivity contribution in [2.24, 2.45) is 0 Å². The molecule has 0 atom stereocenters. The van der Waals surface area contributed by atoms with E-state index in [1.54, 1.807) is 41.8 Å². The van der Waals surface area contributed by atoms with Gasteiger partial charge in [0.15, 0.2) is 11.6 Å². The fourth-order valence-electron chi connectivity index (χ4n) is 8.92. The number of nitrogens with zero attached hydrogens (tertiary/aromatic N) is 8. The first-order valence-electron chi connectivity index (χ1n) is 23.9. The molecule has 1 N–H and O–H groups in total. The zero-order chi connectivity index (χ0) is 52.4. The number of benzene rings is 5. The standard InChI is InChI=1S/C30H25Cl2N5O5.C25H26N4O3/c1-4-34-27(17-42-16-19-8-6-5-7-9-19)33-36(30(34)39)20-10-11-22-23(12-20)24(18(2)3)15-35(29(22)38)28-25(31)13-21(37(40)41)14-26(28)32;1-3-28-22(16-32-15-17-7-5-4-6-8-17)27-29(24(28)31)18-9-10-19-20(13-18)21(14-26-23(19)30)25(2)11-12-25/h5-15H,2,4,16-17H2,1,3H3;4-10,13-14H,3,11-12,15-16H2,1-2H3,(H,26,30). The fourth-order valence-corrected chi connectivity index (χ4v) is 9.57. The second kappa shape index (κ2) is 21.2. The van der Waals surface area contributed by atoms with Crippen LogP contribution in [0.3, 0.4) is 0 Å². The van der Waals surface area contributed by atoms with Gasteiger partial charge in [0.25, 0.3) is 16.8 Å². The lowest BCUT2D eigenvalue weighted by molar-refractivity contribution is -0.384. The lowest BCUT2D eigenvalue weighted by Crippen LogP contribution is -2.24. The van der Waals surface area contributed by atoms with Gasteiger partial charge in [-0.15, -0.1) is 10.2 Å². The van der Waals surface area contributed by atoms with E-state index in [2.05, 4.69) is 28.7 Å². The highest BCUT2D eigenvalue weighted by Crippen LogP contribution is 2.49. The quantitative estimate of drug-likeness (QED) is 0.0718. The smallest absolute Gasteiger partial charge is 0.350 e. The Balaban J connectivity index is 0.000000188. The number of nitrogens with one attached hydrogen (secondary N) is 1. The minimum absolute atomic E-state index is 0.0568. The van der Waals surface area contributed by atoms with Gasteiger partial charge >= 0.3 is 11.4 Å². The summed E-state index contributed by atoms with van der Waals surface area (Å²) in [6.07, 6.45) is 5.53. The van der Waals surface area contributed by atoms with Crippen LogP contribution in [0.1, 0.15) is 74.4 Å². The van der Waals surface area contributed by atoms with Crippen LogP contribution in [0.4, 0.5) is 5.69 Å². The Bertz CT molecular complexity index is 3850. The van der Waals surface area contributed by atoms with Gasteiger partial charge in [0.1, 0.15) is 13.2 Å². The number of pyridine rings is 2. The van der Waals surface area contributed by atoms with Gasteiger partial charge in [-0.2, -0.15) is 9.36 Å². The first-order chi connectivity index (χ1) is 35.6. The summed E-state index contributed by atoms with van der Waals surface area (Å²) in [7, 11) is 0. The zero-order valence-corrected chi connectivity index (χ0v) is 42.5. The van der Waals surface area contributed by atoms with Crippen LogP contribution in [0.2, 0.25) is 10.0 Å². The SMILES string of the molecule is C=C(C)c1cn(-c2c(Cl)cc([N+](=O)[O-])cc2Cl)c(=O)c2ccc(-n3nc(COCc4ccccc4)n(CC)c3=O)cc12.CCn1c(COCc2ccccc2)nn(-c2ccc3c(=O)[nH]cc(C4(C)CC4)c3c2)c1=O. The lowest BCUT2D eigenvalue weighted by Gasteiger charge is -2.15. The molecule has 1 saturated carbocycles. The van der Waals surface area contributed by atoms with E-state index < -0.39 is 10.5 Å². The number of hydrogen-bond acceptors (Lipinski definition) is 10. The highest BCUT2D eigenvalue weighted by atomic mass is 35.5. The molecule has 0 amide bonds. The number of halogens is 2. The molecule has 1 aliphatic carbocycles. The Morgan fingerprint density at radius 1 is 0.716 bits per heavy atom. The number of hydrogen-bond donors (Lipinski definition) is 1. The number of rotatable bonds is 16. The Kier molecular flexibility index (Phi) is 14.6. The molecular formula is C55H51Cl2N9O8. The van der Waals surface area contributed by atoms with Crippen LogP contribution in [0.15, 0.2) is 147 Å². The predicted molar refractivity (Wildman–Crippen MR) is 286 cm³/mol. The van der Waals surface area contributed by atoms with Gasteiger partial charge in [0.2, 0.25) is 0 Å². The molecule has 0 aliphatic heterocycles. The van der Waals surface area contributed by atoms with Crippen molar-refractivity contribution < 1.29 is 14.4 Å². The van der Waals surface area contributed by atoms with Crippen molar-refractivity contribution in [3.63, 3.8) is 0 Å². The number of H-pyrrole nitrogens is 1. The van der Waals surface area contributed by atoms with Crippen molar-refractivity contribution in [1.29, 1.82) is 0 Å². The third-order valence-electron chi connectivity index (χ3n) is 13.1. The molecular weight excluding hydrogens is 986 g/mol. The van der Waals surface area contributed by atoms with Gasteiger partial charge in [0, 0.05) is 54.0 Å². The number of aromatic nitrogens is 8. The van der Waals surface area contributed by atoms with Crippen molar-refractivity contribution in [2.45, 2.75) is 85.5 Å². The monoisotopic (exact) mass is 1040 g/mol. The maximum atomic E-state index is 13.7. The van der Waals surface area contributed by atoms with E-state index in [9.17, 15) is 29.3 Å². The molecule has 0 bridgehead atoms. The van der Waals surface area contributed by atoms with Crippen molar-refractivity contribution in [2.75, 3.05) is 0 Å². The molecule has 74 heavy (non-hydrogen) atoms. The Morgan fingerprint density at radius 2 is 1.22 bits per heavy atom. The summed E-state index contributed by atoms with van der Waals surface area (Å²) in [4.78, 5) is 65.9. The summed E-state index contributed by atoms with van der Waals surface area (Å²) in [6.45, 7) is 13.9. The van der Waals surface area contributed by atoms with Gasteiger partial charge in [-0.05, 0) is 108 Å². The van der Waals surface area contributed by atoms with E-state index in [1.807, 2.05) is 86.8 Å². The molecule has 5 aromatic carbocycles. The van der Waals surface area contributed by atoms with E-state index in [1.165, 1.54) is 24.7 Å². The maximum absolute atomic E-state index is 13.7. The van der Waals surface area contributed by atoms with Crippen LogP contribution in [0.25, 0.3) is 44.2 Å². The van der Waals surface area contributed by atoms with Gasteiger partial charge in [-0.25, -0.2) is 9.59 Å². The molecule has 0 radical (unpaired) electrons. The number of nitro groups is 1. The summed E-state index contributed by atoms with van der Waals surface area (Å²) in [6, 6.07) is 32.3. The topological polar surface area (TPSA) is 196 Å². The van der Waals surface area contributed by atoms with E-state index in [0.717, 1.165) is 47.1 Å². The van der Waals surface area contributed by atoms with Crippen LogP contribution >= 0.6 is 23.2 Å². The molecule has 17 nitrogen and oxygen atoms in total. The van der Waals surface area contributed by atoms with Crippen molar-refractivity contribution in [3.05, 3.63) is 224 Å². The molecule has 0 unspecified atom stereocenters. The van der Waals surface area contributed by atoms with E-state index in [4.69, 9.17) is 32.7 Å². The molecule has 0 spiro atoms. The summed E-state index contributed by atoms with van der Waals surface area (Å²) in [5, 5.41) is 22.6. The number of non-ortho nitro benzene ring substituents is 1. The molecule has 19 heteroatoms. The molecule has 4 heterocycles. The largest absolute Gasteiger partial charge is 0.369 e. The predicted octanol–water partition coefficient (Wildman–Crippen LogP) is 9.99. The van der Waals surface area contributed by atoms with Crippen molar-refractivity contribution in [1.82, 2.24) is 38.2 Å². The number of allylic oxidation sites excluding steroid dienone is 1. The molecule has 378 valence electrons. The number of fused-ring (bicyclic) bond motifs is 2. The molecule has 4 aromatic heterocycles. The van der Waals surface area contributed by atoms with Crippen LogP contribution < -0.4 is 22.5 Å². The molecule has 0 saturated heterocycles. The third-order valence-corrected chi connectivity index (χ3v) is 13.7. The summed E-state index contributed by atoms with van der Waals surface area (Å²) in [5.41, 5.74) is 4.26. The fraction of sp³-hybridized carbons (Fsp3) is 0.236. The highest BCUT2D eigenvalue weighted by molar-refractivity contribution is 6.38. The second-order valence-corrected chi connectivity index (χ2v) is 19.0. The number of nitro benzene ring substituents is 1. The summed E-state index contributed by atoms with van der Waals surface area (Å²) in [5.74, 6) is 1.05. The van der Waals surface area contributed by atoms with E-state index in [0.29, 0.717) is 76.6 Å². The van der Waals surface area contributed by atoms with Gasteiger partial charge < -0.3 is 14.5 Å². The summed E-state index contributed by atoms with van der Waals surface area (Å²) >= 11 is 12.7. The van der Waals surface area contributed by atoms with Crippen LogP contribution in [-0.4, -0.2) is 43.2 Å². The first kappa shape index (κ1) is 51.0. The molecule has 1 aliphatic rings. The van der Waals surface area contributed by atoms with Crippen molar-refractivity contribution >= 4 is 56.0 Å². The van der Waals surface area contributed by atoms with E-state index in [-0.39, 0.29) is 57.0 Å². The summed E-state index contributed by atoms with van der Waals surface area (Å²) < 4.78 is 18.8. The van der Waals surface area contributed by atoms with Crippen LogP contribution in [-0.2, 0) is 54.4 Å². The van der Waals surface area contributed by atoms with Gasteiger partial charge in [0.05, 0.1) is 45.2 Å². The Hall–Kier alpha value is -7.96. The number of aromatic amines is 1. The van der Waals surface area contributed by atoms with Crippen LogP contribution in [0.5, 0.6) is 0 Å². The average Bonchev–Trinajstić information content (AvgIpc) is 3.95. The lowest BCUT2D eigenvalue weighted by atomic mass is 9.94.